The Labute approximate surface area is 172 Å². The minimum Gasteiger partial charge on any atom is -0.370 e. The number of carbonyl (C=O) groups excluding carboxylic acids is 1. The maximum atomic E-state index is 12.8. The lowest BCUT2D eigenvalue weighted by Crippen LogP contribution is -2.48. The summed E-state index contributed by atoms with van der Waals surface area (Å²) in [5.41, 5.74) is 1.86. The normalized spacial score (nSPS) is 17.9. The number of hydrogen-bond acceptors (Lipinski definition) is 5. The molecule has 0 saturated carbocycles. The number of H-pyrrole nitrogens is 1. The van der Waals surface area contributed by atoms with Crippen molar-refractivity contribution in [1.82, 2.24) is 14.9 Å². The van der Waals surface area contributed by atoms with Crippen molar-refractivity contribution in [3.05, 3.63) is 75.3 Å². The van der Waals surface area contributed by atoms with Crippen LogP contribution >= 0.6 is 11.3 Å². The van der Waals surface area contributed by atoms with E-state index in [0.29, 0.717) is 19.7 Å². The number of ether oxygens (including phenoxy) is 1. The van der Waals surface area contributed by atoms with E-state index < -0.39 is 5.56 Å². The third kappa shape index (κ3) is 3.20. The highest BCUT2D eigenvalue weighted by molar-refractivity contribution is 7.15. The number of likely N-dealkylation sites (tertiary alicyclic amines) is 1. The minimum atomic E-state index is -0.396. The van der Waals surface area contributed by atoms with Gasteiger partial charge in [0.05, 0.1) is 18.5 Å². The molecule has 0 unspecified atom stereocenters. The van der Waals surface area contributed by atoms with Crippen molar-refractivity contribution < 1.29 is 9.53 Å². The summed E-state index contributed by atoms with van der Waals surface area (Å²) in [5.74, 6) is -0.263. The van der Waals surface area contributed by atoms with Gasteiger partial charge in [0.1, 0.15) is 5.56 Å². The predicted octanol–water partition coefficient (Wildman–Crippen LogP) is 3.20. The highest BCUT2D eigenvalue weighted by Crippen LogP contribution is 2.46. The van der Waals surface area contributed by atoms with Gasteiger partial charge in [-0.15, -0.1) is 11.3 Å². The second-order valence-electron chi connectivity index (χ2n) is 7.49. The van der Waals surface area contributed by atoms with E-state index in [1.807, 2.05) is 17.4 Å². The fraction of sp³-hybridized carbons (Fsp3) is 0.318. The Morgan fingerprint density at radius 2 is 2.00 bits per heavy atom. The Hall–Kier alpha value is -2.77. The van der Waals surface area contributed by atoms with E-state index in [9.17, 15) is 9.59 Å². The number of aromatic nitrogens is 2. The van der Waals surface area contributed by atoms with Crippen molar-refractivity contribution >= 4 is 17.2 Å². The average Bonchev–Trinajstić information content (AvgIpc) is 3.21. The summed E-state index contributed by atoms with van der Waals surface area (Å²) in [7, 11) is 0. The summed E-state index contributed by atoms with van der Waals surface area (Å²) in [5, 5.41) is 0. The first-order valence-corrected chi connectivity index (χ1v) is 10.6. The number of rotatable bonds is 2. The molecule has 6 nitrogen and oxygen atoms in total. The van der Waals surface area contributed by atoms with Crippen LogP contribution in [0.3, 0.4) is 0 Å². The molecule has 29 heavy (non-hydrogen) atoms. The van der Waals surface area contributed by atoms with E-state index in [1.165, 1.54) is 33.4 Å². The second-order valence-corrected chi connectivity index (χ2v) is 8.63. The van der Waals surface area contributed by atoms with Gasteiger partial charge in [-0.2, -0.15) is 0 Å². The largest absolute Gasteiger partial charge is 0.370 e. The third-order valence-corrected chi connectivity index (χ3v) is 7.12. The van der Waals surface area contributed by atoms with Crippen molar-refractivity contribution in [1.29, 1.82) is 0 Å². The van der Waals surface area contributed by atoms with Gasteiger partial charge in [-0.25, -0.2) is 4.98 Å². The molecule has 0 bridgehead atoms. The molecule has 1 fully saturated rings. The maximum Gasteiger partial charge on any atom is 0.263 e. The quantitative estimate of drug-likeness (QED) is 0.708. The average molecular weight is 407 g/mol. The number of nitrogens with one attached hydrogen (secondary N) is 1. The van der Waals surface area contributed by atoms with Crippen molar-refractivity contribution in [3.8, 4) is 10.4 Å². The van der Waals surface area contributed by atoms with Crippen LogP contribution in [0.15, 0.2) is 53.7 Å². The number of fused-ring (bicyclic) bond motifs is 2. The van der Waals surface area contributed by atoms with E-state index in [0.717, 1.165) is 19.3 Å². The van der Waals surface area contributed by atoms with E-state index in [2.05, 4.69) is 40.3 Å². The monoisotopic (exact) mass is 407 g/mol. The highest BCUT2D eigenvalue weighted by Gasteiger charge is 2.43. The minimum absolute atomic E-state index is 0.0931. The van der Waals surface area contributed by atoms with Crippen LogP contribution in [-0.4, -0.2) is 40.5 Å². The van der Waals surface area contributed by atoms with Crippen molar-refractivity contribution in [2.75, 3.05) is 19.7 Å². The van der Waals surface area contributed by atoms with Crippen molar-refractivity contribution in [3.63, 3.8) is 0 Å². The second kappa shape index (κ2) is 7.24. The number of amides is 1. The Morgan fingerprint density at radius 3 is 2.76 bits per heavy atom. The SMILES string of the molecule is O=C(c1cnc[nH]c1=O)N1CCC2(CC1)OCCc1sc(-c3ccccc3)cc12. The number of aromatic amines is 1. The molecule has 0 radical (unpaired) electrons. The number of thiophene rings is 1. The Morgan fingerprint density at radius 1 is 1.21 bits per heavy atom. The number of piperidine rings is 1. The topological polar surface area (TPSA) is 75.3 Å². The lowest BCUT2D eigenvalue weighted by Gasteiger charge is -2.44. The summed E-state index contributed by atoms with van der Waals surface area (Å²) < 4.78 is 6.33. The summed E-state index contributed by atoms with van der Waals surface area (Å²) >= 11 is 1.85. The van der Waals surface area contributed by atoms with Crippen molar-refractivity contribution in [2.24, 2.45) is 0 Å². The van der Waals surface area contributed by atoms with Crippen LogP contribution in [0, 0.1) is 0 Å². The van der Waals surface area contributed by atoms with Crippen LogP contribution in [0.1, 0.15) is 33.6 Å². The zero-order valence-corrected chi connectivity index (χ0v) is 16.7. The Kier molecular flexibility index (Phi) is 4.56. The fourth-order valence-electron chi connectivity index (χ4n) is 4.31. The molecule has 0 atom stereocenters. The summed E-state index contributed by atoms with van der Waals surface area (Å²) in [6, 6.07) is 12.7. The number of nitrogens with zero attached hydrogens (tertiary/aromatic N) is 2. The molecule has 1 spiro atoms. The number of hydrogen-bond donors (Lipinski definition) is 1. The molecular formula is C22H21N3O3S. The first-order chi connectivity index (χ1) is 14.2. The molecule has 1 aromatic carbocycles. The molecule has 1 saturated heterocycles. The van der Waals surface area contributed by atoms with Crippen LogP contribution in [0.5, 0.6) is 0 Å². The van der Waals surface area contributed by atoms with Crippen LogP contribution in [0.25, 0.3) is 10.4 Å². The standard InChI is InChI=1S/C22H21N3O3S/c26-20-16(13-23-14-24-20)21(27)25-9-7-22(8-10-25)17-12-19(15-4-2-1-3-5-15)29-18(17)6-11-28-22/h1-5,12-14H,6-11H2,(H,23,24,26). The third-order valence-electron chi connectivity index (χ3n) is 5.87. The zero-order valence-electron chi connectivity index (χ0n) is 15.9. The number of carbonyl (C=O) groups is 1. The molecular weight excluding hydrogens is 386 g/mol. The van der Waals surface area contributed by atoms with Gasteiger partial charge in [0.2, 0.25) is 0 Å². The summed E-state index contributed by atoms with van der Waals surface area (Å²) in [6.45, 7) is 1.82. The molecule has 1 N–H and O–H groups in total. The summed E-state index contributed by atoms with van der Waals surface area (Å²) in [4.78, 5) is 35.4. The Bertz CT molecular complexity index is 1100. The Balaban J connectivity index is 1.39. The molecule has 4 heterocycles. The van der Waals surface area contributed by atoms with E-state index in [1.54, 1.807) is 4.90 Å². The van der Waals surface area contributed by atoms with Crippen LogP contribution < -0.4 is 5.56 Å². The number of benzene rings is 1. The van der Waals surface area contributed by atoms with Gasteiger partial charge < -0.3 is 14.6 Å². The molecule has 2 aromatic heterocycles. The smallest absolute Gasteiger partial charge is 0.263 e. The summed E-state index contributed by atoms with van der Waals surface area (Å²) in [6.07, 6.45) is 5.03. The first kappa shape index (κ1) is 18.3. The first-order valence-electron chi connectivity index (χ1n) is 9.81. The molecule has 7 heteroatoms. The maximum absolute atomic E-state index is 12.8. The fourth-order valence-corrected chi connectivity index (χ4v) is 5.55. The van der Waals surface area contributed by atoms with Gasteiger partial charge in [0, 0.05) is 35.5 Å². The van der Waals surface area contributed by atoms with E-state index in [-0.39, 0.29) is 17.1 Å². The van der Waals surface area contributed by atoms with Crippen LogP contribution in [-0.2, 0) is 16.8 Å². The molecule has 3 aromatic rings. The van der Waals surface area contributed by atoms with Crippen molar-refractivity contribution in [2.45, 2.75) is 24.9 Å². The van der Waals surface area contributed by atoms with E-state index >= 15 is 0 Å². The van der Waals surface area contributed by atoms with Crippen LogP contribution in [0.4, 0.5) is 0 Å². The van der Waals surface area contributed by atoms with E-state index in [4.69, 9.17) is 4.74 Å². The lowest BCUT2D eigenvalue weighted by atomic mass is 9.82. The molecule has 1 amide bonds. The lowest BCUT2D eigenvalue weighted by molar-refractivity contribution is -0.0926. The molecule has 148 valence electrons. The predicted molar refractivity (Wildman–Crippen MR) is 111 cm³/mol. The van der Waals surface area contributed by atoms with Gasteiger partial charge in [-0.1, -0.05) is 30.3 Å². The van der Waals surface area contributed by atoms with Crippen LogP contribution in [0.2, 0.25) is 0 Å². The molecule has 0 aliphatic carbocycles. The van der Waals surface area contributed by atoms with Gasteiger partial charge in [0.25, 0.3) is 11.5 Å². The molecule has 2 aliphatic heterocycles. The van der Waals surface area contributed by atoms with Gasteiger partial charge in [0.15, 0.2) is 0 Å². The highest BCUT2D eigenvalue weighted by atomic mass is 32.1. The van der Waals surface area contributed by atoms with Gasteiger partial charge in [-0.05, 0) is 30.0 Å². The molecule has 5 rings (SSSR count). The molecule has 2 aliphatic rings. The van der Waals surface area contributed by atoms with Gasteiger partial charge in [-0.3, -0.25) is 9.59 Å². The zero-order chi connectivity index (χ0) is 19.8. The van der Waals surface area contributed by atoms with Gasteiger partial charge >= 0.3 is 0 Å².